The molecule has 1 rings (SSSR count). The van der Waals surface area contributed by atoms with Crippen molar-refractivity contribution in [2.45, 2.75) is 26.4 Å². The van der Waals surface area contributed by atoms with Gasteiger partial charge in [0.2, 0.25) is 5.91 Å². The van der Waals surface area contributed by atoms with Gasteiger partial charge < -0.3 is 9.80 Å². The minimum atomic E-state index is -0.861. The van der Waals surface area contributed by atoms with Gasteiger partial charge in [-0.25, -0.2) is 4.39 Å². The zero-order valence-corrected chi connectivity index (χ0v) is 10.7. The van der Waals surface area contributed by atoms with Gasteiger partial charge in [0, 0.05) is 6.54 Å². The van der Waals surface area contributed by atoms with Crippen LogP contribution >= 0.6 is 0 Å². The van der Waals surface area contributed by atoms with Crippen LogP contribution in [0.1, 0.15) is 20.3 Å². The Balaban J connectivity index is 2.48. The van der Waals surface area contributed by atoms with Crippen LogP contribution in [0.4, 0.5) is 4.39 Å². The minimum Gasteiger partial charge on any atom is -0.339 e. The van der Waals surface area contributed by atoms with Crippen molar-refractivity contribution in [2.24, 2.45) is 11.8 Å². The Morgan fingerprint density at radius 1 is 1.50 bits per heavy atom. The Labute approximate surface area is 97.6 Å². The molecule has 1 aliphatic rings. The maximum absolute atomic E-state index is 13.8. The van der Waals surface area contributed by atoms with Gasteiger partial charge in [0.1, 0.15) is 6.17 Å². The molecule has 0 bridgehead atoms. The number of likely N-dealkylation sites (tertiary alicyclic amines) is 1. The van der Waals surface area contributed by atoms with E-state index in [1.807, 2.05) is 19.0 Å². The maximum atomic E-state index is 13.8. The topological polar surface area (TPSA) is 23.6 Å². The Kier molecular flexibility index (Phi) is 4.71. The molecule has 0 spiro atoms. The second-order valence-electron chi connectivity index (χ2n) is 5.29. The molecule has 2 unspecified atom stereocenters. The van der Waals surface area contributed by atoms with Gasteiger partial charge in [0.25, 0.3) is 0 Å². The number of rotatable bonds is 3. The van der Waals surface area contributed by atoms with Crippen molar-refractivity contribution in [1.82, 2.24) is 9.80 Å². The van der Waals surface area contributed by atoms with Gasteiger partial charge in [-0.3, -0.25) is 4.79 Å². The monoisotopic (exact) mass is 230 g/mol. The van der Waals surface area contributed by atoms with E-state index < -0.39 is 6.17 Å². The summed E-state index contributed by atoms with van der Waals surface area (Å²) in [7, 11) is 3.71. The molecule has 1 fully saturated rings. The third-order valence-electron chi connectivity index (χ3n) is 3.25. The fourth-order valence-electron chi connectivity index (χ4n) is 2.27. The van der Waals surface area contributed by atoms with Crippen LogP contribution in [-0.4, -0.2) is 55.6 Å². The molecule has 0 radical (unpaired) electrons. The van der Waals surface area contributed by atoms with E-state index in [1.54, 1.807) is 4.90 Å². The SMILES string of the molecule is CC(C)C1CCN(C(=O)CN(C)C)CC1F. The number of hydrogen-bond acceptors (Lipinski definition) is 2. The van der Waals surface area contributed by atoms with E-state index in [4.69, 9.17) is 0 Å². The summed E-state index contributed by atoms with van der Waals surface area (Å²) in [4.78, 5) is 15.2. The third kappa shape index (κ3) is 3.44. The van der Waals surface area contributed by atoms with Gasteiger partial charge >= 0.3 is 0 Å². The van der Waals surface area contributed by atoms with Gasteiger partial charge in [-0.05, 0) is 32.4 Å². The minimum absolute atomic E-state index is 0.0369. The molecule has 0 saturated carbocycles. The number of likely N-dealkylation sites (N-methyl/N-ethyl adjacent to an activating group) is 1. The predicted octanol–water partition coefficient (Wildman–Crippen LogP) is 1.39. The van der Waals surface area contributed by atoms with Gasteiger partial charge in [0.15, 0.2) is 0 Å². The quantitative estimate of drug-likeness (QED) is 0.731. The number of nitrogens with zero attached hydrogens (tertiary/aromatic N) is 2. The lowest BCUT2D eigenvalue weighted by atomic mass is 9.85. The molecule has 1 saturated heterocycles. The summed E-state index contributed by atoms with van der Waals surface area (Å²) in [6.45, 7) is 5.45. The van der Waals surface area contributed by atoms with Crippen molar-refractivity contribution in [3.8, 4) is 0 Å². The lowest BCUT2D eigenvalue weighted by Gasteiger charge is -2.37. The molecule has 2 atom stereocenters. The van der Waals surface area contributed by atoms with E-state index in [1.165, 1.54) is 0 Å². The Bertz CT molecular complexity index is 243. The predicted molar refractivity (Wildman–Crippen MR) is 63.0 cm³/mol. The van der Waals surface area contributed by atoms with Crippen LogP contribution in [0.25, 0.3) is 0 Å². The highest BCUT2D eigenvalue weighted by atomic mass is 19.1. The van der Waals surface area contributed by atoms with E-state index in [0.717, 1.165) is 6.42 Å². The normalized spacial score (nSPS) is 26.6. The van der Waals surface area contributed by atoms with E-state index in [2.05, 4.69) is 13.8 Å². The van der Waals surface area contributed by atoms with Crippen molar-refractivity contribution >= 4 is 5.91 Å². The molecule has 0 aliphatic carbocycles. The van der Waals surface area contributed by atoms with Crippen molar-refractivity contribution in [1.29, 1.82) is 0 Å². The van der Waals surface area contributed by atoms with Crippen LogP contribution in [0.2, 0.25) is 0 Å². The number of carbonyl (C=O) groups is 1. The molecule has 1 heterocycles. The van der Waals surface area contributed by atoms with Crippen LogP contribution in [0.5, 0.6) is 0 Å². The number of carbonyl (C=O) groups excluding carboxylic acids is 1. The largest absolute Gasteiger partial charge is 0.339 e. The molecule has 1 aliphatic heterocycles. The Hall–Kier alpha value is -0.640. The van der Waals surface area contributed by atoms with Crippen molar-refractivity contribution in [3.05, 3.63) is 0 Å². The maximum Gasteiger partial charge on any atom is 0.236 e. The van der Waals surface area contributed by atoms with Gasteiger partial charge in [-0.15, -0.1) is 0 Å². The summed E-state index contributed by atoms with van der Waals surface area (Å²) in [6, 6.07) is 0. The number of alkyl halides is 1. The fraction of sp³-hybridized carbons (Fsp3) is 0.917. The smallest absolute Gasteiger partial charge is 0.236 e. The molecule has 1 amide bonds. The molecule has 94 valence electrons. The fourth-order valence-corrected chi connectivity index (χ4v) is 2.27. The lowest BCUT2D eigenvalue weighted by Crippen LogP contribution is -2.48. The summed E-state index contributed by atoms with van der Waals surface area (Å²) in [6.07, 6.45) is -0.0716. The van der Waals surface area contributed by atoms with Crippen LogP contribution in [0.3, 0.4) is 0 Å². The number of piperidine rings is 1. The van der Waals surface area contributed by atoms with Crippen molar-refractivity contribution in [3.63, 3.8) is 0 Å². The molecular formula is C12H23FN2O. The third-order valence-corrected chi connectivity index (χ3v) is 3.25. The Morgan fingerprint density at radius 2 is 2.12 bits per heavy atom. The van der Waals surface area contributed by atoms with E-state index in [0.29, 0.717) is 19.0 Å². The van der Waals surface area contributed by atoms with Gasteiger partial charge in [-0.1, -0.05) is 13.8 Å². The van der Waals surface area contributed by atoms with Crippen molar-refractivity contribution < 1.29 is 9.18 Å². The number of hydrogen-bond donors (Lipinski definition) is 0. The van der Waals surface area contributed by atoms with Crippen LogP contribution in [-0.2, 0) is 4.79 Å². The first kappa shape index (κ1) is 13.4. The molecule has 0 aromatic carbocycles. The summed E-state index contributed by atoms with van der Waals surface area (Å²) >= 11 is 0. The first-order chi connectivity index (χ1) is 7.41. The highest BCUT2D eigenvalue weighted by Crippen LogP contribution is 2.27. The first-order valence-corrected chi connectivity index (χ1v) is 5.98. The standard InChI is InChI=1S/C12H23FN2O/c1-9(2)10-5-6-15(7-11(10)13)12(16)8-14(3)4/h9-11H,5-8H2,1-4H3. The summed E-state index contributed by atoms with van der Waals surface area (Å²) in [5, 5.41) is 0. The summed E-state index contributed by atoms with van der Waals surface area (Å²) in [5.41, 5.74) is 0. The van der Waals surface area contributed by atoms with E-state index >= 15 is 0 Å². The molecular weight excluding hydrogens is 207 g/mol. The van der Waals surface area contributed by atoms with Crippen LogP contribution in [0.15, 0.2) is 0 Å². The zero-order chi connectivity index (χ0) is 12.3. The average Bonchev–Trinajstić information content (AvgIpc) is 2.15. The molecule has 0 N–H and O–H groups in total. The van der Waals surface area contributed by atoms with Gasteiger partial charge in [-0.2, -0.15) is 0 Å². The number of amides is 1. The average molecular weight is 230 g/mol. The lowest BCUT2D eigenvalue weighted by molar-refractivity contribution is -0.135. The molecule has 0 aromatic heterocycles. The van der Waals surface area contributed by atoms with Crippen LogP contribution < -0.4 is 0 Å². The highest BCUT2D eigenvalue weighted by Gasteiger charge is 2.32. The molecule has 3 nitrogen and oxygen atoms in total. The Morgan fingerprint density at radius 3 is 2.56 bits per heavy atom. The van der Waals surface area contributed by atoms with Crippen LogP contribution in [0, 0.1) is 11.8 Å². The summed E-state index contributed by atoms with van der Waals surface area (Å²) < 4.78 is 13.8. The molecule has 16 heavy (non-hydrogen) atoms. The first-order valence-electron chi connectivity index (χ1n) is 5.98. The molecule has 0 aromatic rings. The highest BCUT2D eigenvalue weighted by molar-refractivity contribution is 5.78. The zero-order valence-electron chi connectivity index (χ0n) is 10.7. The second kappa shape index (κ2) is 5.62. The number of halogens is 1. The van der Waals surface area contributed by atoms with Crippen molar-refractivity contribution in [2.75, 3.05) is 33.7 Å². The molecule has 4 heteroatoms. The summed E-state index contributed by atoms with van der Waals surface area (Å²) in [5.74, 6) is 0.513. The second-order valence-corrected chi connectivity index (χ2v) is 5.29. The van der Waals surface area contributed by atoms with Gasteiger partial charge in [0.05, 0.1) is 13.1 Å². The van der Waals surface area contributed by atoms with E-state index in [-0.39, 0.29) is 18.4 Å². The van der Waals surface area contributed by atoms with E-state index in [9.17, 15) is 9.18 Å².